The van der Waals surface area contributed by atoms with Gasteiger partial charge in [0.25, 0.3) is 0 Å². The summed E-state index contributed by atoms with van der Waals surface area (Å²) in [5, 5.41) is 8.40. The molecule has 1 aliphatic heterocycles. The van der Waals surface area contributed by atoms with E-state index in [-0.39, 0.29) is 5.91 Å². The maximum absolute atomic E-state index is 12.6. The number of amides is 1. The fraction of sp³-hybridized carbons (Fsp3) is 0.455. The van der Waals surface area contributed by atoms with Crippen LogP contribution in [-0.2, 0) is 17.8 Å². The Bertz CT molecular complexity index is 975. The molecule has 0 radical (unpaired) electrons. The van der Waals surface area contributed by atoms with Gasteiger partial charge in [-0.15, -0.1) is 22.7 Å². The number of carbonyl (C=O) groups is 1. The third kappa shape index (κ3) is 4.38. The molecule has 4 rings (SSSR count). The number of rotatable bonds is 7. The maximum atomic E-state index is 12.6. The smallest absolute Gasteiger partial charge is 0.226 e. The van der Waals surface area contributed by atoms with Crippen molar-refractivity contribution >= 4 is 43.8 Å². The molecule has 154 valence electrons. The molecule has 2 N–H and O–H groups in total. The van der Waals surface area contributed by atoms with Crippen molar-refractivity contribution in [1.82, 2.24) is 15.2 Å². The molecule has 3 heterocycles. The number of hydrogen-bond acceptors (Lipinski definition) is 6. The van der Waals surface area contributed by atoms with Crippen molar-refractivity contribution in [1.29, 1.82) is 0 Å². The quantitative estimate of drug-likeness (QED) is 0.534. The topological polar surface area (TPSA) is 57.3 Å². The largest absolute Gasteiger partial charge is 0.317 e. The molecule has 1 amide bonds. The van der Waals surface area contributed by atoms with Crippen molar-refractivity contribution < 1.29 is 4.79 Å². The van der Waals surface area contributed by atoms with Gasteiger partial charge in [0.1, 0.15) is 10.0 Å². The van der Waals surface area contributed by atoms with E-state index in [4.69, 9.17) is 4.98 Å². The molecule has 1 aromatic carbocycles. The molecule has 3 aromatic rings. The summed E-state index contributed by atoms with van der Waals surface area (Å²) in [6.45, 7) is 10.1. The van der Waals surface area contributed by atoms with Gasteiger partial charge in [-0.3, -0.25) is 9.69 Å². The fourth-order valence-electron chi connectivity index (χ4n) is 3.73. The number of aromatic nitrogens is 1. The number of anilines is 1. The van der Waals surface area contributed by atoms with Gasteiger partial charge in [-0.2, -0.15) is 0 Å². The Balaban J connectivity index is 1.70. The Morgan fingerprint density at radius 3 is 2.86 bits per heavy atom. The standard InChI is InChI=1S/C22H28N4OS2/c1-4-23-11-9-19(27)25-22-20(21-24-16-7-5-6-8-17(16)28-21)15-10-12-26(14(2)3)13-18(15)29-22/h5-8,14,23H,4,9-13H2,1-3H3,(H,25,27). The molecule has 7 heteroatoms. The lowest BCUT2D eigenvalue weighted by molar-refractivity contribution is -0.116. The second kappa shape index (κ2) is 8.92. The monoisotopic (exact) mass is 428 g/mol. The Kier molecular flexibility index (Phi) is 6.29. The zero-order chi connectivity index (χ0) is 20.4. The third-order valence-corrected chi connectivity index (χ3v) is 7.54. The van der Waals surface area contributed by atoms with Crippen molar-refractivity contribution in [2.24, 2.45) is 0 Å². The second-order valence-corrected chi connectivity index (χ2v) is 9.80. The molecular formula is C22H28N4OS2. The Morgan fingerprint density at radius 1 is 1.28 bits per heavy atom. The molecule has 0 saturated carbocycles. The lowest BCUT2D eigenvalue weighted by atomic mass is 10.0. The predicted octanol–water partition coefficient (Wildman–Crippen LogP) is 4.73. The highest BCUT2D eigenvalue weighted by Gasteiger charge is 2.28. The van der Waals surface area contributed by atoms with Crippen LogP contribution in [0.2, 0.25) is 0 Å². The molecule has 29 heavy (non-hydrogen) atoms. The first kappa shape index (κ1) is 20.5. The number of thiazole rings is 1. The molecule has 0 spiro atoms. The van der Waals surface area contributed by atoms with Crippen LogP contribution in [-0.4, -0.2) is 41.5 Å². The maximum Gasteiger partial charge on any atom is 0.226 e. The molecular weight excluding hydrogens is 400 g/mol. The molecule has 0 bridgehead atoms. The summed E-state index contributed by atoms with van der Waals surface area (Å²) in [5.74, 6) is 0.0626. The van der Waals surface area contributed by atoms with Crippen LogP contribution in [0, 0.1) is 0 Å². The minimum absolute atomic E-state index is 0.0626. The van der Waals surface area contributed by atoms with Gasteiger partial charge in [0.15, 0.2) is 0 Å². The summed E-state index contributed by atoms with van der Waals surface area (Å²) < 4.78 is 1.19. The van der Waals surface area contributed by atoms with Crippen molar-refractivity contribution in [2.75, 3.05) is 25.0 Å². The lowest BCUT2D eigenvalue weighted by Gasteiger charge is -2.30. The summed E-state index contributed by atoms with van der Waals surface area (Å²) in [4.78, 5) is 21.3. The average molecular weight is 429 g/mol. The lowest BCUT2D eigenvalue weighted by Crippen LogP contribution is -2.35. The first-order valence-electron chi connectivity index (χ1n) is 10.3. The summed E-state index contributed by atoms with van der Waals surface area (Å²) in [5.41, 5.74) is 3.54. The van der Waals surface area contributed by atoms with Gasteiger partial charge in [0.05, 0.1) is 10.2 Å². The van der Waals surface area contributed by atoms with E-state index in [0.29, 0.717) is 19.0 Å². The Labute approximate surface area is 180 Å². The van der Waals surface area contributed by atoms with E-state index in [9.17, 15) is 4.79 Å². The average Bonchev–Trinajstić information content (AvgIpc) is 3.27. The van der Waals surface area contributed by atoms with Crippen LogP contribution in [0.1, 0.15) is 37.6 Å². The van der Waals surface area contributed by atoms with Crippen LogP contribution < -0.4 is 10.6 Å². The first-order valence-corrected chi connectivity index (χ1v) is 11.9. The zero-order valence-electron chi connectivity index (χ0n) is 17.2. The van der Waals surface area contributed by atoms with E-state index >= 15 is 0 Å². The van der Waals surface area contributed by atoms with Crippen molar-refractivity contribution in [3.63, 3.8) is 0 Å². The number of hydrogen-bond donors (Lipinski definition) is 2. The minimum atomic E-state index is 0.0626. The number of nitrogens with one attached hydrogen (secondary N) is 2. The summed E-state index contributed by atoms with van der Waals surface area (Å²) in [6.07, 6.45) is 1.48. The number of benzene rings is 1. The van der Waals surface area contributed by atoms with Gasteiger partial charge in [-0.1, -0.05) is 19.1 Å². The molecule has 0 unspecified atom stereocenters. The summed E-state index contributed by atoms with van der Waals surface area (Å²) >= 11 is 3.44. The zero-order valence-corrected chi connectivity index (χ0v) is 18.9. The van der Waals surface area contributed by atoms with Gasteiger partial charge in [-0.05, 0) is 44.5 Å². The minimum Gasteiger partial charge on any atom is -0.317 e. The highest BCUT2D eigenvalue weighted by molar-refractivity contribution is 7.22. The van der Waals surface area contributed by atoms with Gasteiger partial charge in [0, 0.05) is 42.5 Å². The molecule has 2 aromatic heterocycles. The van der Waals surface area contributed by atoms with E-state index < -0.39 is 0 Å². The Hall–Kier alpha value is -1.80. The highest BCUT2D eigenvalue weighted by Crippen LogP contribution is 2.45. The number of nitrogens with zero attached hydrogens (tertiary/aromatic N) is 2. The number of thiophene rings is 1. The van der Waals surface area contributed by atoms with Crippen LogP contribution in [0.5, 0.6) is 0 Å². The third-order valence-electron chi connectivity index (χ3n) is 5.36. The molecule has 1 aliphatic rings. The van der Waals surface area contributed by atoms with Crippen molar-refractivity contribution in [2.45, 2.75) is 46.2 Å². The highest BCUT2D eigenvalue weighted by atomic mass is 32.1. The van der Waals surface area contributed by atoms with Crippen LogP contribution in [0.3, 0.4) is 0 Å². The van der Waals surface area contributed by atoms with Gasteiger partial charge < -0.3 is 10.6 Å². The van der Waals surface area contributed by atoms with Gasteiger partial charge >= 0.3 is 0 Å². The normalized spacial score (nSPS) is 14.5. The molecule has 5 nitrogen and oxygen atoms in total. The van der Waals surface area contributed by atoms with Crippen LogP contribution in [0.15, 0.2) is 24.3 Å². The van der Waals surface area contributed by atoms with Crippen molar-refractivity contribution in [3.05, 3.63) is 34.7 Å². The van der Waals surface area contributed by atoms with Gasteiger partial charge in [-0.25, -0.2) is 4.98 Å². The summed E-state index contributed by atoms with van der Waals surface area (Å²) in [7, 11) is 0. The number of fused-ring (bicyclic) bond motifs is 2. The molecule has 0 saturated heterocycles. The van der Waals surface area contributed by atoms with E-state index in [1.807, 2.05) is 6.07 Å². The number of para-hydroxylation sites is 1. The first-order chi connectivity index (χ1) is 14.1. The van der Waals surface area contributed by atoms with Crippen LogP contribution in [0.4, 0.5) is 5.00 Å². The second-order valence-electron chi connectivity index (χ2n) is 7.66. The van der Waals surface area contributed by atoms with E-state index in [1.165, 1.54) is 15.1 Å². The molecule has 0 fully saturated rings. The molecule has 0 aliphatic carbocycles. The van der Waals surface area contributed by atoms with E-state index in [1.54, 1.807) is 22.7 Å². The number of carbonyl (C=O) groups excluding carboxylic acids is 1. The van der Waals surface area contributed by atoms with Crippen LogP contribution >= 0.6 is 22.7 Å². The van der Waals surface area contributed by atoms with Crippen molar-refractivity contribution in [3.8, 4) is 10.6 Å². The van der Waals surface area contributed by atoms with Crippen LogP contribution in [0.25, 0.3) is 20.8 Å². The van der Waals surface area contributed by atoms with E-state index in [0.717, 1.165) is 47.1 Å². The van der Waals surface area contributed by atoms with Gasteiger partial charge in [0.2, 0.25) is 5.91 Å². The van der Waals surface area contributed by atoms with E-state index in [2.05, 4.69) is 54.5 Å². The molecule has 0 atom stereocenters. The fourth-order valence-corrected chi connectivity index (χ4v) is 6.13. The SMILES string of the molecule is CCNCCC(=O)Nc1sc2c(c1-c1nc3ccccc3s1)CCN(C(C)C)C2. The summed E-state index contributed by atoms with van der Waals surface area (Å²) in [6, 6.07) is 8.78. The predicted molar refractivity (Wildman–Crippen MR) is 124 cm³/mol. The Morgan fingerprint density at radius 2 is 2.10 bits per heavy atom.